The molecule has 1 N–H and O–H groups in total. The van der Waals surface area contributed by atoms with Crippen molar-refractivity contribution in [3.63, 3.8) is 0 Å². The predicted molar refractivity (Wildman–Crippen MR) is 91.9 cm³/mol. The average Bonchev–Trinajstić information content (AvgIpc) is 2.56. The lowest BCUT2D eigenvalue weighted by Gasteiger charge is -2.44. The molecule has 1 unspecified atom stereocenters. The summed E-state index contributed by atoms with van der Waals surface area (Å²) in [5.74, 6) is 0.721. The fourth-order valence-electron chi connectivity index (χ4n) is 3.71. The highest BCUT2D eigenvalue weighted by molar-refractivity contribution is 6.30. The SMILES string of the molecule is CC(Oc1cccc(Cl)c1)C(=O)N1CCC2(CCNCC2)CC1. The van der Waals surface area contributed by atoms with Gasteiger partial charge in [0.1, 0.15) is 5.75 Å². The second kappa shape index (κ2) is 7.10. The molecule has 0 bridgehead atoms. The molecule has 2 fully saturated rings. The molecule has 2 heterocycles. The molecule has 3 rings (SSSR count). The van der Waals surface area contributed by atoms with Crippen molar-refractivity contribution in [1.82, 2.24) is 10.2 Å². The third-order valence-corrected chi connectivity index (χ3v) is 5.49. The highest BCUT2D eigenvalue weighted by atomic mass is 35.5. The Hall–Kier alpha value is -1.26. The summed E-state index contributed by atoms with van der Waals surface area (Å²) in [7, 11) is 0. The number of carbonyl (C=O) groups is 1. The van der Waals surface area contributed by atoms with E-state index in [1.807, 2.05) is 24.0 Å². The normalized spacial score (nSPS) is 21.9. The maximum absolute atomic E-state index is 12.6. The highest BCUT2D eigenvalue weighted by Crippen LogP contribution is 2.39. The van der Waals surface area contributed by atoms with Crippen molar-refractivity contribution in [2.45, 2.75) is 38.7 Å². The Morgan fingerprint density at radius 2 is 1.96 bits per heavy atom. The van der Waals surface area contributed by atoms with Crippen LogP contribution in [0.2, 0.25) is 5.02 Å². The summed E-state index contributed by atoms with van der Waals surface area (Å²) in [4.78, 5) is 14.6. The molecule has 0 saturated carbocycles. The van der Waals surface area contributed by atoms with E-state index in [1.54, 1.807) is 12.1 Å². The number of nitrogens with zero attached hydrogens (tertiary/aromatic N) is 1. The standard InChI is InChI=1S/C18H25ClN2O2/c1-14(23-16-4-2-3-15(19)13-16)17(22)21-11-7-18(8-12-21)5-9-20-10-6-18/h2-4,13-14,20H,5-12H2,1H3. The molecular weight excluding hydrogens is 312 g/mol. The van der Waals surface area contributed by atoms with Crippen LogP contribution < -0.4 is 10.1 Å². The number of hydrogen-bond acceptors (Lipinski definition) is 3. The van der Waals surface area contributed by atoms with Gasteiger partial charge < -0.3 is 15.0 Å². The minimum absolute atomic E-state index is 0.0776. The van der Waals surface area contributed by atoms with Gasteiger partial charge in [0.2, 0.25) is 0 Å². The maximum atomic E-state index is 12.6. The van der Waals surface area contributed by atoms with Crippen LogP contribution in [0.1, 0.15) is 32.6 Å². The number of piperidine rings is 2. The molecule has 126 valence electrons. The molecular formula is C18H25ClN2O2. The smallest absolute Gasteiger partial charge is 0.263 e. The van der Waals surface area contributed by atoms with Crippen LogP contribution in [-0.2, 0) is 4.79 Å². The average molecular weight is 337 g/mol. The van der Waals surface area contributed by atoms with Gasteiger partial charge in [-0.1, -0.05) is 17.7 Å². The topological polar surface area (TPSA) is 41.6 Å². The number of rotatable bonds is 3. The Kier molecular flexibility index (Phi) is 5.12. The van der Waals surface area contributed by atoms with Gasteiger partial charge in [-0.05, 0) is 69.3 Å². The summed E-state index contributed by atoms with van der Waals surface area (Å²) in [5, 5.41) is 4.05. The number of likely N-dealkylation sites (tertiary alicyclic amines) is 1. The van der Waals surface area contributed by atoms with Gasteiger partial charge in [0.05, 0.1) is 0 Å². The van der Waals surface area contributed by atoms with E-state index in [0.29, 0.717) is 16.2 Å². The summed E-state index contributed by atoms with van der Waals surface area (Å²) in [6, 6.07) is 7.20. The first-order chi connectivity index (χ1) is 11.1. The Morgan fingerprint density at radius 1 is 1.26 bits per heavy atom. The lowest BCUT2D eigenvalue weighted by atomic mass is 9.71. The maximum Gasteiger partial charge on any atom is 0.263 e. The van der Waals surface area contributed by atoms with E-state index in [-0.39, 0.29) is 5.91 Å². The van der Waals surface area contributed by atoms with Crippen LogP contribution in [0.4, 0.5) is 0 Å². The molecule has 2 aliphatic heterocycles. The molecule has 2 saturated heterocycles. The molecule has 1 atom stereocenters. The molecule has 5 heteroatoms. The van der Waals surface area contributed by atoms with Crippen LogP contribution in [0.25, 0.3) is 0 Å². The van der Waals surface area contributed by atoms with Gasteiger partial charge in [-0.15, -0.1) is 0 Å². The minimum atomic E-state index is -0.476. The number of halogens is 1. The van der Waals surface area contributed by atoms with Crippen LogP contribution in [0.15, 0.2) is 24.3 Å². The summed E-state index contributed by atoms with van der Waals surface area (Å²) < 4.78 is 5.76. The number of benzene rings is 1. The van der Waals surface area contributed by atoms with Crippen LogP contribution in [0.5, 0.6) is 5.75 Å². The van der Waals surface area contributed by atoms with Crippen molar-refractivity contribution >= 4 is 17.5 Å². The van der Waals surface area contributed by atoms with E-state index in [9.17, 15) is 4.79 Å². The molecule has 1 spiro atoms. The Balaban J connectivity index is 1.54. The van der Waals surface area contributed by atoms with E-state index >= 15 is 0 Å². The molecule has 1 amide bonds. The fraction of sp³-hybridized carbons (Fsp3) is 0.611. The Morgan fingerprint density at radius 3 is 2.61 bits per heavy atom. The lowest BCUT2D eigenvalue weighted by Crippen LogP contribution is -2.50. The zero-order chi connectivity index (χ0) is 16.3. The molecule has 4 nitrogen and oxygen atoms in total. The van der Waals surface area contributed by atoms with E-state index < -0.39 is 6.10 Å². The number of carbonyl (C=O) groups excluding carboxylic acids is 1. The summed E-state index contributed by atoms with van der Waals surface area (Å²) >= 11 is 5.96. The van der Waals surface area contributed by atoms with Crippen molar-refractivity contribution < 1.29 is 9.53 Å². The summed E-state index contributed by atoms with van der Waals surface area (Å²) in [5.41, 5.74) is 0.457. The van der Waals surface area contributed by atoms with Crippen molar-refractivity contribution in [2.24, 2.45) is 5.41 Å². The quantitative estimate of drug-likeness (QED) is 0.922. The van der Waals surface area contributed by atoms with Crippen molar-refractivity contribution in [3.05, 3.63) is 29.3 Å². The third kappa shape index (κ3) is 3.99. The van der Waals surface area contributed by atoms with E-state index in [0.717, 1.165) is 39.0 Å². The molecule has 2 aliphatic rings. The second-order valence-corrected chi connectivity index (χ2v) is 7.23. The molecule has 1 aromatic rings. The number of hydrogen-bond donors (Lipinski definition) is 1. The van der Waals surface area contributed by atoms with Crippen molar-refractivity contribution in [3.8, 4) is 5.75 Å². The van der Waals surface area contributed by atoms with Gasteiger partial charge in [-0.25, -0.2) is 0 Å². The summed E-state index contributed by atoms with van der Waals surface area (Å²) in [6.07, 6.45) is 4.23. The van der Waals surface area contributed by atoms with E-state index in [1.165, 1.54) is 12.8 Å². The number of amides is 1. The largest absolute Gasteiger partial charge is 0.481 e. The highest BCUT2D eigenvalue weighted by Gasteiger charge is 2.37. The number of nitrogens with one attached hydrogen (secondary N) is 1. The molecule has 0 radical (unpaired) electrons. The number of ether oxygens (including phenoxy) is 1. The van der Waals surface area contributed by atoms with Gasteiger partial charge in [0.15, 0.2) is 6.10 Å². The first kappa shape index (κ1) is 16.6. The first-order valence-corrected chi connectivity index (χ1v) is 8.88. The molecule has 23 heavy (non-hydrogen) atoms. The van der Waals surface area contributed by atoms with Gasteiger partial charge in [0.25, 0.3) is 5.91 Å². The Labute approximate surface area is 143 Å². The first-order valence-electron chi connectivity index (χ1n) is 8.50. The zero-order valence-corrected chi connectivity index (χ0v) is 14.4. The van der Waals surface area contributed by atoms with Crippen molar-refractivity contribution in [1.29, 1.82) is 0 Å². The monoisotopic (exact) mass is 336 g/mol. The summed E-state index contributed by atoms with van der Waals surface area (Å²) in [6.45, 7) is 5.74. The van der Waals surface area contributed by atoms with Crippen LogP contribution in [0.3, 0.4) is 0 Å². The third-order valence-electron chi connectivity index (χ3n) is 5.26. The van der Waals surface area contributed by atoms with Gasteiger partial charge in [-0.2, -0.15) is 0 Å². The van der Waals surface area contributed by atoms with Crippen LogP contribution in [0, 0.1) is 5.41 Å². The molecule has 0 aromatic heterocycles. The zero-order valence-electron chi connectivity index (χ0n) is 13.7. The van der Waals surface area contributed by atoms with E-state index in [2.05, 4.69) is 5.32 Å². The predicted octanol–water partition coefficient (Wildman–Crippen LogP) is 3.10. The fourth-order valence-corrected chi connectivity index (χ4v) is 3.89. The second-order valence-electron chi connectivity index (χ2n) is 6.79. The van der Waals surface area contributed by atoms with Gasteiger partial charge >= 0.3 is 0 Å². The van der Waals surface area contributed by atoms with Crippen molar-refractivity contribution in [2.75, 3.05) is 26.2 Å². The lowest BCUT2D eigenvalue weighted by molar-refractivity contribution is -0.140. The van der Waals surface area contributed by atoms with E-state index in [4.69, 9.17) is 16.3 Å². The Bertz CT molecular complexity index is 548. The van der Waals surface area contributed by atoms with Gasteiger partial charge in [-0.3, -0.25) is 4.79 Å². The van der Waals surface area contributed by atoms with Gasteiger partial charge in [0, 0.05) is 18.1 Å². The van der Waals surface area contributed by atoms with Crippen LogP contribution >= 0.6 is 11.6 Å². The van der Waals surface area contributed by atoms with Crippen LogP contribution in [-0.4, -0.2) is 43.1 Å². The molecule has 1 aromatic carbocycles. The minimum Gasteiger partial charge on any atom is -0.481 e. The molecule has 0 aliphatic carbocycles.